The van der Waals surface area contributed by atoms with Crippen molar-refractivity contribution in [3.63, 3.8) is 0 Å². The lowest BCUT2D eigenvalue weighted by Gasteiger charge is -2.39. The first-order chi connectivity index (χ1) is 13.1. The van der Waals surface area contributed by atoms with E-state index in [1.54, 1.807) is 0 Å². The van der Waals surface area contributed by atoms with Crippen LogP contribution in [0.1, 0.15) is 64.2 Å². The van der Waals surface area contributed by atoms with E-state index >= 15 is 0 Å². The van der Waals surface area contributed by atoms with Crippen molar-refractivity contribution >= 4 is 12.0 Å². The topological polar surface area (TPSA) is 72.9 Å². The fraction of sp³-hybridized carbons (Fsp3) is 0.905. The van der Waals surface area contributed by atoms with Crippen LogP contribution in [0.25, 0.3) is 0 Å². The highest BCUT2D eigenvalue weighted by molar-refractivity contribution is 5.77. The van der Waals surface area contributed by atoms with Crippen LogP contribution in [0, 0.1) is 17.8 Å². The first kappa shape index (κ1) is 19.0. The predicted molar refractivity (Wildman–Crippen MR) is 104 cm³/mol. The van der Waals surface area contributed by atoms with E-state index in [0.717, 1.165) is 37.8 Å². The lowest BCUT2D eigenvalue weighted by molar-refractivity contribution is -0.143. The normalized spacial score (nSPS) is 36.2. The highest BCUT2D eigenvalue weighted by atomic mass is 16.4. The van der Waals surface area contributed by atoms with Crippen molar-refractivity contribution in [2.24, 2.45) is 17.8 Å². The number of carbonyl (C=O) groups is 2. The van der Waals surface area contributed by atoms with Crippen molar-refractivity contribution in [3.05, 3.63) is 0 Å². The van der Waals surface area contributed by atoms with Gasteiger partial charge < -0.3 is 20.2 Å². The quantitative estimate of drug-likeness (QED) is 0.790. The highest BCUT2D eigenvalue weighted by Crippen LogP contribution is 2.38. The Hall–Kier alpha value is -1.30. The molecule has 0 radical (unpaired) electrons. The monoisotopic (exact) mass is 377 g/mol. The van der Waals surface area contributed by atoms with Crippen LogP contribution in [0.2, 0.25) is 0 Å². The summed E-state index contributed by atoms with van der Waals surface area (Å²) in [6.45, 7) is 4.04. The van der Waals surface area contributed by atoms with Crippen LogP contribution in [0.4, 0.5) is 4.79 Å². The molecule has 4 aliphatic rings. The van der Waals surface area contributed by atoms with Gasteiger partial charge in [0.15, 0.2) is 0 Å². The molecular formula is C21H35N3O3. The van der Waals surface area contributed by atoms with Crippen LogP contribution >= 0.6 is 0 Å². The molecule has 0 aromatic heterocycles. The van der Waals surface area contributed by atoms with E-state index in [2.05, 4.69) is 15.1 Å². The molecule has 0 atom stereocenters. The Morgan fingerprint density at radius 2 is 1.26 bits per heavy atom. The van der Waals surface area contributed by atoms with Gasteiger partial charge in [-0.25, -0.2) is 4.79 Å². The van der Waals surface area contributed by atoms with E-state index in [-0.39, 0.29) is 18.0 Å². The third-order valence-corrected chi connectivity index (χ3v) is 7.79. The molecule has 2 saturated heterocycles. The summed E-state index contributed by atoms with van der Waals surface area (Å²) in [6, 6.07) is 0.902. The second-order valence-electron chi connectivity index (χ2n) is 9.17. The maximum atomic E-state index is 13.0. The number of hydrogen-bond acceptors (Lipinski definition) is 3. The van der Waals surface area contributed by atoms with E-state index in [1.165, 1.54) is 51.6 Å². The number of carbonyl (C=O) groups excluding carboxylic acids is 1. The number of nitrogens with zero attached hydrogens (tertiary/aromatic N) is 2. The Morgan fingerprint density at radius 1 is 0.778 bits per heavy atom. The summed E-state index contributed by atoms with van der Waals surface area (Å²) in [5.41, 5.74) is 0. The average molecular weight is 378 g/mol. The zero-order chi connectivity index (χ0) is 18.8. The molecule has 2 heterocycles. The van der Waals surface area contributed by atoms with Crippen molar-refractivity contribution in [2.45, 2.75) is 76.3 Å². The van der Waals surface area contributed by atoms with Crippen LogP contribution in [-0.4, -0.2) is 65.2 Å². The Morgan fingerprint density at radius 3 is 1.78 bits per heavy atom. The molecule has 2 amide bonds. The summed E-state index contributed by atoms with van der Waals surface area (Å²) < 4.78 is 0. The summed E-state index contributed by atoms with van der Waals surface area (Å²) in [5.74, 6) is 0.875. The molecule has 6 heteroatoms. The second kappa shape index (κ2) is 8.38. The summed E-state index contributed by atoms with van der Waals surface area (Å²) >= 11 is 0. The molecule has 2 saturated carbocycles. The first-order valence-corrected chi connectivity index (χ1v) is 11.1. The molecule has 2 aliphatic heterocycles. The Bertz CT molecular complexity index is 533. The van der Waals surface area contributed by atoms with Crippen LogP contribution in [-0.2, 0) is 4.79 Å². The Labute approximate surface area is 162 Å². The lowest BCUT2D eigenvalue weighted by atomic mass is 9.74. The van der Waals surface area contributed by atoms with Gasteiger partial charge in [0.1, 0.15) is 0 Å². The van der Waals surface area contributed by atoms with Gasteiger partial charge in [-0.3, -0.25) is 4.79 Å². The Kier molecular flexibility index (Phi) is 5.90. The Balaban J connectivity index is 1.26. The minimum Gasteiger partial charge on any atom is -0.481 e. The van der Waals surface area contributed by atoms with Crippen molar-refractivity contribution in [2.75, 3.05) is 26.2 Å². The zero-order valence-electron chi connectivity index (χ0n) is 16.4. The highest BCUT2D eigenvalue weighted by Gasteiger charge is 2.40. The standard InChI is InChI=1S/C21H35N3O3/c25-20(26)17-3-7-19(8-4-17)24-14-13-23(21(24)27)18-5-1-15(2-6-18)16-9-11-22-12-10-16/h15-19,22H,1-14H2,(H,25,26)/t15-,17-,18-,19+. The van der Waals surface area contributed by atoms with Crippen molar-refractivity contribution < 1.29 is 14.7 Å². The van der Waals surface area contributed by atoms with Gasteiger partial charge in [-0.1, -0.05) is 0 Å². The zero-order valence-corrected chi connectivity index (χ0v) is 16.4. The largest absolute Gasteiger partial charge is 0.481 e. The van der Waals surface area contributed by atoms with Gasteiger partial charge in [0.05, 0.1) is 5.92 Å². The maximum absolute atomic E-state index is 13.0. The number of nitrogens with one attached hydrogen (secondary N) is 1. The second-order valence-corrected chi connectivity index (χ2v) is 9.17. The van der Waals surface area contributed by atoms with E-state index in [9.17, 15) is 14.7 Å². The molecule has 0 unspecified atom stereocenters. The number of urea groups is 1. The van der Waals surface area contributed by atoms with Crippen molar-refractivity contribution in [1.82, 2.24) is 15.1 Å². The van der Waals surface area contributed by atoms with E-state index < -0.39 is 5.97 Å². The molecule has 27 heavy (non-hydrogen) atoms. The summed E-state index contributed by atoms with van der Waals surface area (Å²) in [5, 5.41) is 12.6. The van der Waals surface area contributed by atoms with Gasteiger partial charge in [0, 0.05) is 25.2 Å². The molecule has 0 bridgehead atoms. The van der Waals surface area contributed by atoms with Crippen LogP contribution in [0.15, 0.2) is 0 Å². The lowest BCUT2D eigenvalue weighted by Crippen LogP contribution is -2.45. The van der Waals surface area contributed by atoms with Gasteiger partial charge in [0.2, 0.25) is 0 Å². The minimum atomic E-state index is -0.673. The third-order valence-electron chi connectivity index (χ3n) is 7.79. The van der Waals surface area contributed by atoms with Crippen molar-refractivity contribution in [3.8, 4) is 0 Å². The summed E-state index contributed by atoms with van der Waals surface area (Å²) in [7, 11) is 0. The van der Waals surface area contributed by atoms with Gasteiger partial charge in [-0.15, -0.1) is 0 Å². The molecule has 6 nitrogen and oxygen atoms in total. The van der Waals surface area contributed by atoms with E-state index in [0.29, 0.717) is 18.9 Å². The van der Waals surface area contributed by atoms with Crippen molar-refractivity contribution in [1.29, 1.82) is 0 Å². The predicted octanol–water partition coefficient (Wildman–Crippen LogP) is 2.93. The molecule has 0 aromatic carbocycles. The van der Waals surface area contributed by atoms with Gasteiger partial charge in [0.25, 0.3) is 0 Å². The summed E-state index contributed by atoms with van der Waals surface area (Å²) in [6.07, 6.45) is 10.7. The smallest absolute Gasteiger partial charge is 0.320 e. The third kappa shape index (κ3) is 4.10. The molecule has 4 fully saturated rings. The average Bonchev–Trinajstić information content (AvgIpc) is 3.10. The van der Waals surface area contributed by atoms with Gasteiger partial charge >= 0.3 is 12.0 Å². The number of carboxylic acid groups (broad SMARTS) is 1. The number of carboxylic acids is 1. The van der Waals surface area contributed by atoms with Crippen LogP contribution in [0.3, 0.4) is 0 Å². The molecule has 0 spiro atoms. The molecular weight excluding hydrogens is 342 g/mol. The minimum absolute atomic E-state index is 0.208. The van der Waals surface area contributed by atoms with Crippen LogP contribution < -0.4 is 5.32 Å². The molecule has 2 N–H and O–H groups in total. The van der Waals surface area contributed by atoms with E-state index in [1.807, 2.05) is 0 Å². The van der Waals surface area contributed by atoms with Crippen LogP contribution in [0.5, 0.6) is 0 Å². The molecule has 0 aromatic rings. The molecule has 152 valence electrons. The number of rotatable bonds is 4. The number of amides is 2. The fourth-order valence-electron chi connectivity index (χ4n) is 6.08. The van der Waals surface area contributed by atoms with E-state index in [4.69, 9.17) is 0 Å². The van der Waals surface area contributed by atoms with Gasteiger partial charge in [-0.05, 0) is 89.1 Å². The van der Waals surface area contributed by atoms with Gasteiger partial charge in [-0.2, -0.15) is 0 Å². The summed E-state index contributed by atoms with van der Waals surface area (Å²) in [4.78, 5) is 28.4. The maximum Gasteiger partial charge on any atom is 0.320 e. The first-order valence-electron chi connectivity index (χ1n) is 11.1. The number of aliphatic carboxylic acids is 1. The number of piperidine rings is 1. The number of hydrogen-bond donors (Lipinski definition) is 2. The molecule has 2 aliphatic carbocycles. The fourth-order valence-corrected chi connectivity index (χ4v) is 6.08. The molecule has 4 rings (SSSR count). The SMILES string of the molecule is O=C1N([C@H]2CC[C@@H](C(=O)O)CC2)CCN1[C@H]1CC[C@H](C2CCNCC2)CC1.